The van der Waals surface area contributed by atoms with Crippen LogP contribution in [0.25, 0.3) is 0 Å². The molecule has 5 heteroatoms. The van der Waals surface area contributed by atoms with E-state index in [9.17, 15) is 4.79 Å². The van der Waals surface area contributed by atoms with Crippen LogP contribution in [-0.2, 0) is 7.05 Å². The summed E-state index contributed by atoms with van der Waals surface area (Å²) in [5.74, 6) is -0.0980. The summed E-state index contributed by atoms with van der Waals surface area (Å²) in [4.78, 5) is 11.8. The zero-order valence-electron chi connectivity index (χ0n) is 9.88. The van der Waals surface area contributed by atoms with Crippen molar-refractivity contribution in [3.8, 4) is 0 Å². The zero-order valence-corrected chi connectivity index (χ0v) is 10.6. The van der Waals surface area contributed by atoms with Gasteiger partial charge >= 0.3 is 0 Å². The Bertz CT molecular complexity index is 362. The number of likely N-dealkylation sites (N-methyl/N-ethyl adjacent to an activating group) is 1. The number of halogens is 1. The predicted octanol–water partition coefficient (Wildman–Crippen LogP) is 1.41. The van der Waals surface area contributed by atoms with Crippen LogP contribution in [-0.4, -0.2) is 29.6 Å². The van der Waals surface area contributed by atoms with E-state index in [1.807, 2.05) is 13.8 Å². The number of amides is 1. The van der Waals surface area contributed by atoms with Gasteiger partial charge in [0.2, 0.25) is 0 Å². The van der Waals surface area contributed by atoms with Crippen molar-refractivity contribution in [1.82, 2.24) is 15.2 Å². The van der Waals surface area contributed by atoms with Crippen molar-refractivity contribution in [2.75, 3.05) is 13.1 Å². The monoisotopic (exact) mass is 243 g/mol. The summed E-state index contributed by atoms with van der Waals surface area (Å²) in [6.07, 6.45) is 1.71. The number of carbonyl (C=O) groups excluding carboxylic acids is 1. The summed E-state index contributed by atoms with van der Waals surface area (Å²) in [5, 5.41) is 6.66. The van der Waals surface area contributed by atoms with Crippen molar-refractivity contribution in [3.63, 3.8) is 0 Å². The van der Waals surface area contributed by atoms with Crippen LogP contribution in [0.3, 0.4) is 0 Å². The first-order chi connectivity index (χ1) is 7.54. The topological polar surface area (TPSA) is 46.1 Å². The Morgan fingerprint density at radius 2 is 2.31 bits per heavy atom. The minimum atomic E-state index is -0.0980. The second kappa shape index (κ2) is 5.92. The van der Waals surface area contributed by atoms with Gasteiger partial charge in [-0.05, 0) is 19.5 Å². The fourth-order valence-electron chi connectivity index (χ4n) is 1.51. The lowest BCUT2D eigenvalue weighted by Gasteiger charge is -2.13. The van der Waals surface area contributed by atoms with Crippen LogP contribution in [0, 0.1) is 0 Å². The Balaban J connectivity index is 2.50. The van der Waals surface area contributed by atoms with Crippen LogP contribution in [0.4, 0.5) is 0 Å². The van der Waals surface area contributed by atoms with Crippen LogP contribution < -0.4 is 10.6 Å². The maximum absolute atomic E-state index is 11.8. The summed E-state index contributed by atoms with van der Waals surface area (Å²) in [5.41, 5.74) is 0.577. The van der Waals surface area contributed by atoms with Crippen molar-refractivity contribution in [2.24, 2.45) is 7.05 Å². The van der Waals surface area contributed by atoms with Crippen LogP contribution in [0.5, 0.6) is 0 Å². The quantitative estimate of drug-likeness (QED) is 0.822. The molecule has 1 rings (SSSR count). The molecule has 0 fully saturated rings. The van der Waals surface area contributed by atoms with Crippen molar-refractivity contribution < 1.29 is 4.79 Å². The Hall–Kier alpha value is -1.00. The van der Waals surface area contributed by atoms with Crippen LogP contribution in [0.1, 0.15) is 24.3 Å². The fraction of sp³-hybridized carbons (Fsp3) is 0.545. The average Bonchev–Trinajstić information content (AvgIpc) is 2.55. The lowest BCUT2D eigenvalue weighted by Crippen LogP contribution is -2.39. The van der Waals surface area contributed by atoms with Gasteiger partial charge in [-0.3, -0.25) is 4.79 Å². The Labute approximate surface area is 101 Å². The zero-order chi connectivity index (χ0) is 12.1. The van der Waals surface area contributed by atoms with Crippen LogP contribution in [0.15, 0.2) is 12.3 Å². The van der Waals surface area contributed by atoms with E-state index in [-0.39, 0.29) is 11.9 Å². The molecule has 1 aromatic rings. The largest absolute Gasteiger partial charge is 0.349 e. The van der Waals surface area contributed by atoms with E-state index < -0.39 is 0 Å². The second-order valence-electron chi connectivity index (χ2n) is 3.82. The van der Waals surface area contributed by atoms with Gasteiger partial charge in [0, 0.05) is 25.8 Å². The molecule has 0 saturated heterocycles. The number of rotatable bonds is 5. The first kappa shape index (κ1) is 13.1. The first-order valence-electron chi connectivity index (χ1n) is 5.38. The molecule has 1 atom stereocenters. The number of nitrogens with zero attached hydrogens (tertiary/aromatic N) is 1. The van der Waals surface area contributed by atoms with Gasteiger partial charge in [0.15, 0.2) is 0 Å². The molecule has 0 aliphatic heterocycles. The molecule has 1 amide bonds. The van der Waals surface area contributed by atoms with Gasteiger partial charge < -0.3 is 15.2 Å². The number of hydrogen-bond acceptors (Lipinski definition) is 2. The molecule has 1 heterocycles. The molecule has 0 unspecified atom stereocenters. The van der Waals surface area contributed by atoms with E-state index in [0.717, 1.165) is 6.54 Å². The molecule has 0 aromatic carbocycles. The third-order valence-corrected chi connectivity index (χ3v) is 2.53. The molecular formula is C11H18ClN3O. The molecule has 0 spiro atoms. The molecule has 1 aromatic heterocycles. The fourth-order valence-corrected chi connectivity index (χ4v) is 1.76. The van der Waals surface area contributed by atoms with E-state index in [0.29, 0.717) is 17.3 Å². The minimum Gasteiger partial charge on any atom is -0.349 e. The van der Waals surface area contributed by atoms with Gasteiger partial charge in [0.05, 0.1) is 5.02 Å². The van der Waals surface area contributed by atoms with Gasteiger partial charge in [0.25, 0.3) is 5.91 Å². The third kappa shape index (κ3) is 3.54. The number of aromatic nitrogens is 1. The van der Waals surface area contributed by atoms with Gasteiger partial charge in [0.1, 0.15) is 5.69 Å². The highest BCUT2D eigenvalue weighted by atomic mass is 35.5. The lowest BCUT2D eigenvalue weighted by molar-refractivity contribution is 0.0942. The van der Waals surface area contributed by atoms with Gasteiger partial charge in [-0.15, -0.1) is 0 Å². The smallest absolute Gasteiger partial charge is 0.268 e. The summed E-state index contributed by atoms with van der Waals surface area (Å²) in [7, 11) is 1.80. The maximum Gasteiger partial charge on any atom is 0.268 e. The Morgan fingerprint density at radius 1 is 1.62 bits per heavy atom. The number of carbonyl (C=O) groups is 1. The van der Waals surface area contributed by atoms with E-state index in [1.165, 1.54) is 0 Å². The Kier molecular flexibility index (Phi) is 4.83. The summed E-state index contributed by atoms with van der Waals surface area (Å²) >= 11 is 5.81. The standard InChI is InChI=1S/C11H18ClN3O/c1-4-13-8(2)6-14-11(16)10-5-9(12)7-15(10)3/h5,7-8,13H,4,6H2,1-3H3,(H,14,16)/t8-/m1/s1. The van der Waals surface area contributed by atoms with Gasteiger partial charge in [-0.25, -0.2) is 0 Å². The molecule has 0 radical (unpaired) electrons. The average molecular weight is 244 g/mol. The third-order valence-electron chi connectivity index (χ3n) is 2.33. The molecule has 16 heavy (non-hydrogen) atoms. The van der Waals surface area contributed by atoms with Crippen molar-refractivity contribution in [1.29, 1.82) is 0 Å². The molecule has 90 valence electrons. The van der Waals surface area contributed by atoms with Gasteiger partial charge in [-0.1, -0.05) is 18.5 Å². The van der Waals surface area contributed by atoms with Crippen molar-refractivity contribution in [3.05, 3.63) is 23.0 Å². The number of hydrogen-bond donors (Lipinski definition) is 2. The first-order valence-corrected chi connectivity index (χ1v) is 5.75. The number of aryl methyl sites for hydroxylation is 1. The summed E-state index contributed by atoms with van der Waals surface area (Å²) in [6, 6.07) is 1.93. The van der Waals surface area contributed by atoms with Gasteiger partial charge in [-0.2, -0.15) is 0 Å². The Morgan fingerprint density at radius 3 is 2.81 bits per heavy atom. The SMILES string of the molecule is CCN[C@H](C)CNC(=O)c1cc(Cl)cn1C. The summed E-state index contributed by atoms with van der Waals surface area (Å²) in [6.45, 7) is 5.57. The highest BCUT2D eigenvalue weighted by Gasteiger charge is 2.11. The molecule has 0 saturated carbocycles. The summed E-state index contributed by atoms with van der Waals surface area (Å²) < 4.78 is 1.72. The maximum atomic E-state index is 11.8. The predicted molar refractivity (Wildman–Crippen MR) is 65.9 cm³/mol. The minimum absolute atomic E-state index is 0.0980. The van der Waals surface area contributed by atoms with Crippen LogP contribution in [0.2, 0.25) is 5.02 Å². The molecule has 0 aliphatic carbocycles. The highest BCUT2D eigenvalue weighted by Crippen LogP contribution is 2.12. The lowest BCUT2D eigenvalue weighted by atomic mass is 10.3. The highest BCUT2D eigenvalue weighted by molar-refractivity contribution is 6.31. The number of nitrogens with one attached hydrogen (secondary N) is 2. The normalized spacial score (nSPS) is 12.5. The van der Waals surface area contributed by atoms with E-state index >= 15 is 0 Å². The van der Waals surface area contributed by atoms with Crippen LogP contribution >= 0.6 is 11.6 Å². The van der Waals surface area contributed by atoms with E-state index in [2.05, 4.69) is 10.6 Å². The van der Waals surface area contributed by atoms with Crippen molar-refractivity contribution >= 4 is 17.5 Å². The van der Waals surface area contributed by atoms with Crippen molar-refractivity contribution in [2.45, 2.75) is 19.9 Å². The molecule has 0 aliphatic rings. The van der Waals surface area contributed by atoms with E-state index in [4.69, 9.17) is 11.6 Å². The molecular weight excluding hydrogens is 226 g/mol. The molecule has 2 N–H and O–H groups in total. The second-order valence-corrected chi connectivity index (χ2v) is 4.26. The molecule has 4 nitrogen and oxygen atoms in total. The molecule has 0 bridgehead atoms. The van der Waals surface area contributed by atoms with E-state index in [1.54, 1.807) is 23.9 Å².